The molecule has 2 aromatic rings. The van der Waals surface area contributed by atoms with Crippen molar-refractivity contribution >= 4 is 17.3 Å². The Bertz CT molecular complexity index is 665. The van der Waals surface area contributed by atoms with E-state index in [0.717, 1.165) is 30.0 Å². The number of carbonyl (C=O) groups is 1. The number of pyridine rings is 1. The largest absolute Gasteiger partial charge is 0.383 e. The summed E-state index contributed by atoms with van der Waals surface area (Å²) in [6.07, 6.45) is 1.69. The standard InChI is InChI=1S/C18H24N4O/c1-13-5-7-16(14(2)11-13)21-18(23)17-8-6-15(12-20-17)19-9-10-22(3)4/h5-8,11-12,19H,9-10H2,1-4H3,(H,21,23). The molecule has 0 aliphatic rings. The first-order valence-corrected chi connectivity index (χ1v) is 7.69. The maximum absolute atomic E-state index is 12.3. The number of aromatic nitrogens is 1. The summed E-state index contributed by atoms with van der Waals surface area (Å²) in [5.41, 5.74) is 4.35. The first kappa shape index (κ1) is 17.0. The van der Waals surface area contributed by atoms with Gasteiger partial charge in [-0.25, -0.2) is 4.98 Å². The molecule has 0 fully saturated rings. The SMILES string of the molecule is Cc1ccc(NC(=O)c2ccc(NCCN(C)C)cn2)c(C)c1. The van der Waals surface area contributed by atoms with Crippen molar-refractivity contribution in [3.8, 4) is 0 Å². The number of hydrogen-bond acceptors (Lipinski definition) is 4. The van der Waals surface area contributed by atoms with E-state index in [2.05, 4.69) is 20.5 Å². The van der Waals surface area contributed by atoms with Crippen LogP contribution in [0.4, 0.5) is 11.4 Å². The van der Waals surface area contributed by atoms with Crippen LogP contribution in [0.15, 0.2) is 36.5 Å². The maximum Gasteiger partial charge on any atom is 0.274 e. The molecule has 0 bridgehead atoms. The Hall–Kier alpha value is -2.40. The van der Waals surface area contributed by atoms with Gasteiger partial charge in [0.1, 0.15) is 5.69 Å². The second kappa shape index (κ2) is 7.74. The number of carbonyl (C=O) groups excluding carboxylic acids is 1. The third-order valence-electron chi connectivity index (χ3n) is 3.51. The molecule has 0 saturated heterocycles. The van der Waals surface area contributed by atoms with Gasteiger partial charge in [-0.3, -0.25) is 4.79 Å². The molecule has 2 N–H and O–H groups in total. The van der Waals surface area contributed by atoms with Crippen LogP contribution < -0.4 is 10.6 Å². The number of anilines is 2. The summed E-state index contributed by atoms with van der Waals surface area (Å²) in [5, 5.41) is 6.17. The minimum Gasteiger partial charge on any atom is -0.383 e. The molecule has 5 nitrogen and oxygen atoms in total. The molecule has 2 rings (SSSR count). The van der Waals surface area contributed by atoms with Crippen molar-refractivity contribution in [1.29, 1.82) is 0 Å². The zero-order valence-electron chi connectivity index (χ0n) is 14.2. The lowest BCUT2D eigenvalue weighted by Gasteiger charge is -2.12. The van der Waals surface area contributed by atoms with Gasteiger partial charge < -0.3 is 15.5 Å². The lowest BCUT2D eigenvalue weighted by atomic mass is 10.1. The van der Waals surface area contributed by atoms with Crippen LogP contribution in [-0.2, 0) is 0 Å². The van der Waals surface area contributed by atoms with Crippen molar-refractivity contribution in [2.24, 2.45) is 0 Å². The van der Waals surface area contributed by atoms with Crippen LogP contribution >= 0.6 is 0 Å². The Morgan fingerprint density at radius 1 is 1.17 bits per heavy atom. The maximum atomic E-state index is 12.3. The molecule has 23 heavy (non-hydrogen) atoms. The summed E-state index contributed by atoms with van der Waals surface area (Å²) in [7, 11) is 4.06. The van der Waals surface area contributed by atoms with Gasteiger partial charge in [0.05, 0.1) is 11.9 Å². The summed E-state index contributed by atoms with van der Waals surface area (Å²) in [6.45, 7) is 5.79. The van der Waals surface area contributed by atoms with Gasteiger partial charge in [0.2, 0.25) is 0 Å². The van der Waals surface area contributed by atoms with Gasteiger partial charge in [0, 0.05) is 18.8 Å². The molecule has 0 unspecified atom stereocenters. The average Bonchev–Trinajstić information content (AvgIpc) is 2.50. The van der Waals surface area contributed by atoms with Gasteiger partial charge >= 0.3 is 0 Å². The fourth-order valence-electron chi connectivity index (χ4n) is 2.20. The minimum atomic E-state index is -0.197. The molecule has 0 aliphatic carbocycles. The van der Waals surface area contributed by atoms with Gasteiger partial charge in [0.25, 0.3) is 5.91 Å². The summed E-state index contributed by atoms with van der Waals surface area (Å²) in [4.78, 5) is 18.6. The van der Waals surface area contributed by atoms with Gasteiger partial charge in [-0.05, 0) is 51.7 Å². The molecule has 0 radical (unpaired) electrons. The summed E-state index contributed by atoms with van der Waals surface area (Å²) in [6, 6.07) is 9.55. The van der Waals surface area contributed by atoms with Crippen molar-refractivity contribution in [1.82, 2.24) is 9.88 Å². The third kappa shape index (κ3) is 5.07. The van der Waals surface area contributed by atoms with E-state index in [4.69, 9.17) is 0 Å². The highest BCUT2D eigenvalue weighted by Crippen LogP contribution is 2.17. The second-order valence-electron chi connectivity index (χ2n) is 5.93. The van der Waals surface area contributed by atoms with Gasteiger partial charge in [0.15, 0.2) is 0 Å². The van der Waals surface area contributed by atoms with Gasteiger partial charge in [-0.15, -0.1) is 0 Å². The van der Waals surface area contributed by atoms with Crippen LogP contribution in [0.25, 0.3) is 0 Å². The number of benzene rings is 1. The van der Waals surface area contributed by atoms with Crippen LogP contribution in [0, 0.1) is 13.8 Å². The van der Waals surface area contributed by atoms with Crippen molar-refractivity contribution < 1.29 is 4.79 Å². The fourth-order valence-corrected chi connectivity index (χ4v) is 2.20. The van der Waals surface area contributed by atoms with E-state index in [0.29, 0.717) is 5.69 Å². The number of rotatable bonds is 6. The van der Waals surface area contributed by atoms with E-state index in [9.17, 15) is 4.79 Å². The van der Waals surface area contributed by atoms with E-state index >= 15 is 0 Å². The van der Waals surface area contributed by atoms with Crippen LogP contribution in [0.5, 0.6) is 0 Å². The number of aryl methyl sites for hydroxylation is 2. The summed E-state index contributed by atoms with van der Waals surface area (Å²) < 4.78 is 0. The molecule has 0 atom stereocenters. The quantitative estimate of drug-likeness (QED) is 0.861. The van der Waals surface area contributed by atoms with Crippen LogP contribution in [-0.4, -0.2) is 43.0 Å². The zero-order chi connectivity index (χ0) is 16.8. The van der Waals surface area contributed by atoms with Crippen molar-refractivity contribution in [2.75, 3.05) is 37.8 Å². The molecule has 1 amide bonds. The number of nitrogens with zero attached hydrogens (tertiary/aromatic N) is 2. The zero-order valence-corrected chi connectivity index (χ0v) is 14.2. The second-order valence-corrected chi connectivity index (χ2v) is 5.93. The van der Waals surface area contributed by atoms with Crippen molar-refractivity contribution in [3.05, 3.63) is 53.3 Å². The van der Waals surface area contributed by atoms with E-state index < -0.39 is 0 Å². The molecule has 5 heteroatoms. The first-order valence-electron chi connectivity index (χ1n) is 7.69. The first-order chi connectivity index (χ1) is 11.0. The predicted molar refractivity (Wildman–Crippen MR) is 95.1 cm³/mol. The highest BCUT2D eigenvalue weighted by atomic mass is 16.1. The van der Waals surface area contributed by atoms with E-state index in [-0.39, 0.29) is 5.91 Å². The molecule has 122 valence electrons. The van der Waals surface area contributed by atoms with Crippen molar-refractivity contribution in [3.63, 3.8) is 0 Å². The van der Waals surface area contributed by atoms with Crippen molar-refractivity contribution in [2.45, 2.75) is 13.8 Å². The summed E-state index contributed by atoms with van der Waals surface area (Å²) in [5.74, 6) is -0.197. The highest BCUT2D eigenvalue weighted by molar-refractivity contribution is 6.03. The fraction of sp³-hybridized carbons (Fsp3) is 0.333. The molecule has 0 aliphatic heterocycles. The molecular weight excluding hydrogens is 288 g/mol. The number of likely N-dealkylation sites (N-methyl/N-ethyl adjacent to an activating group) is 1. The van der Waals surface area contributed by atoms with Gasteiger partial charge in [-0.1, -0.05) is 17.7 Å². The van der Waals surface area contributed by atoms with E-state index in [1.807, 2.05) is 52.2 Å². The topological polar surface area (TPSA) is 57.3 Å². The molecule has 1 aromatic carbocycles. The minimum absolute atomic E-state index is 0.197. The van der Waals surface area contributed by atoms with Gasteiger partial charge in [-0.2, -0.15) is 0 Å². The van der Waals surface area contributed by atoms with E-state index in [1.165, 1.54) is 5.56 Å². The Morgan fingerprint density at radius 3 is 2.57 bits per heavy atom. The summed E-state index contributed by atoms with van der Waals surface area (Å²) >= 11 is 0. The normalized spacial score (nSPS) is 10.7. The lowest BCUT2D eigenvalue weighted by molar-refractivity contribution is 0.102. The number of nitrogens with one attached hydrogen (secondary N) is 2. The Kier molecular flexibility index (Phi) is 5.71. The molecule has 1 aromatic heterocycles. The van der Waals surface area contributed by atoms with Crippen LogP contribution in [0.1, 0.15) is 21.6 Å². The lowest BCUT2D eigenvalue weighted by Crippen LogP contribution is -2.21. The van der Waals surface area contributed by atoms with Crippen LogP contribution in [0.2, 0.25) is 0 Å². The average molecular weight is 312 g/mol. The highest BCUT2D eigenvalue weighted by Gasteiger charge is 2.09. The Labute approximate surface area is 137 Å². The smallest absolute Gasteiger partial charge is 0.274 e. The number of amides is 1. The monoisotopic (exact) mass is 312 g/mol. The predicted octanol–water partition coefficient (Wildman–Crippen LogP) is 2.92. The molecule has 0 saturated carbocycles. The van der Waals surface area contributed by atoms with E-state index in [1.54, 1.807) is 12.3 Å². The number of hydrogen-bond donors (Lipinski definition) is 2. The Balaban J connectivity index is 1.97. The molecular formula is C18H24N4O. The van der Waals surface area contributed by atoms with Crippen LogP contribution in [0.3, 0.4) is 0 Å². The molecule has 1 heterocycles. The molecule has 0 spiro atoms. The Morgan fingerprint density at radius 2 is 1.96 bits per heavy atom. The third-order valence-corrected chi connectivity index (χ3v) is 3.51.